The van der Waals surface area contributed by atoms with Crippen LogP contribution in [0.1, 0.15) is 12.0 Å². The summed E-state index contributed by atoms with van der Waals surface area (Å²) < 4.78 is 68.8. The van der Waals surface area contributed by atoms with Crippen LogP contribution in [-0.2, 0) is 20.9 Å². The second kappa shape index (κ2) is 5.56. The van der Waals surface area contributed by atoms with Crippen molar-refractivity contribution in [1.82, 2.24) is 4.72 Å². The number of nitrogens with one attached hydrogen (secondary N) is 1. The molecule has 1 aromatic rings. The molecule has 0 saturated carbocycles. The third-order valence-electron chi connectivity index (χ3n) is 3.15. The quantitative estimate of drug-likeness (QED) is 0.870. The first-order valence-corrected chi connectivity index (χ1v) is 7.58. The van der Waals surface area contributed by atoms with Crippen molar-refractivity contribution in [1.29, 1.82) is 0 Å². The Labute approximate surface area is 119 Å². The molecule has 0 aliphatic carbocycles. The number of halogens is 3. The van der Waals surface area contributed by atoms with Crippen LogP contribution in [0.3, 0.4) is 0 Å². The van der Waals surface area contributed by atoms with Gasteiger partial charge in [0.1, 0.15) is 5.60 Å². The smallest absolute Gasteiger partial charge is 0.386 e. The Balaban J connectivity index is 2.16. The van der Waals surface area contributed by atoms with Gasteiger partial charge in [0.05, 0.1) is 17.1 Å². The van der Waals surface area contributed by atoms with Crippen LogP contribution in [-0.4, -0.2) is 38.9 Å². The van der Waals surface area contributed by atoms with Gasteiger partial charge in [-0.05, 0) is 18.2 Å². The molecule has 0 bridgehead atoms. The van der Waals surface area contributed by atoms with Crippen LogP contribution in [0.15, 0.2) is 29.2 Å². The molecule has 1 aromatic carbocycles. The fourth-order valence-corrected chi connectivity index (χ4v) is 3.05. The van der Waals surface area contributed by atoms with E-state index >= 15 is 0 Å². The average molecular weight is 325 g/mol. The summed E-state index contributed by atoms with van der Waals surface area (Å²) in [4.78, 5) is -0.500. The fraction of sp³-hybridized carbons (Fsp3) is 0.500. The van der Waals surface area contributed by atoms with Gasteiger partial charge in [-0.3, -0.25) is 0 Å². The highest BCUT2D eigenvalue weighted by Gasteiger charge is 2.35. The fourth-order valence-electron chi connectivity index (χ4n) is 1.89. The molecule has 1 heterocycles. The zero-order valence-corrected chi connectivity index (χ0v) is 11.7. The molecular formula is C12H14F3NO4S. The van der Waals surface area contributed by atoms with E-state index in [1.54, 1.807) is 0 Å². The van der Waals surface area contributed by atoms with Crippen LogP contribution >= 0.6 is 0 Å². The van der Waals surface area contributed by atoms with Gasteiger partial charge in [0.2, 0.25) is 10.0 Å². The molecule has 21 heavy (non-hydrogen) atoms. The summed E-state index contributed by atoms with van der Waals surface area (Å²) in [6, 6.07) is 3.42. The largest absolute Gasteiger partial charge is 0.416 e. The minimum Gasteiger partial charge on any atom is -0.386 e. The molecule has 1 unspecified atom stereocenters. The van der Waals surface area contributed by atoms with Crippen LogP contribution < -0.4 is 4.72 Å². The second-order valence-electron chi connectivity index (χ2n) is 4.88. The first kappa shape index (κ1) is 16.2. The molecule has 2 rings (SSSR count). The Hall–Kier alpha value is -1.16. The minimum atomic E-state index is -4.62. The van der Waals surface area contributed by atoms with Crippen molar-refractivity contribution < 1.29 is 31.4 Å². The molecule has 0 amide bonds. The molecule has 0 spiro atoms. The van der Waals surface area contributed by atoms with Crippen LogP contribution in [0.5, 0.6) is 0 Å². The van der Waals surface area contributed by atoms with Gasteiger partial charge in [0.25, 0.3) is 0 Å². The normalized spacial score (nSPS) is 23.4. The van der Waals surface area contributed by atoms with Gasteiger partial charge in [-0.15, -0.1) is 0 Å². The maximum absolute atomic E-state index is 12.6. The monoisotopic (exact) mass is 325 g/mol. The molecule has 9 heteroatoms. The SMILES string of the molecule is O=S(=O)(NCC1(O)CCOC1)c1cccc(C(F)(F)F)c1. The Morgan fingerprint density at radius 1 is 1.38 bits per heavy atom. The summed E-state index contributed by atoms with van der Waals surface area (Å²) in [5, 5.41) is 9.95. The van der Waals surface area contributed by atoms with Gasteiger partial charge >= 0.3 is 6.18 Å². The highest BCUT2D eigenvalue weighted by molar-refractivity contribution is 7.89. The number of rotatable bonds is 4. The van der Waals surface area contributed by atoms with Crippen molar-refractivity contribution in [3.05, 3.63) is 29.8 Å². The molecular weight excluding hydrogens is 311 g/mol. The van der Waals surface area contributed by atoms with Gasteiger partial charge in [-0.25, -0.2) is 13.1 Å². The van der Waals surface area contributed by atoms with Crippen molar-refractivity contribution in [2.75, 3.05) is 19.8 Å². The molecule has 118 valence electrons. The zero-order valence-electron chi connectivity index (χ0n) is 10.9. The number of benzene rings is 1. The highest BCUT2D eigenvalue weighted by atomic mass is 32.2. The number of hydrogen-bond donors (Lipinski definition) is 2. The lowest BCUT2D eigenvalue weighted by atomic mass is 10.1. The molecule has 2 N–H and O–H groups in total. The van der Waals surface area contributed by atoms with Crippen LogP contribution in [0, 0.1) is 0 Å². The maximum Gasteiger partial charge on any atom is 0.416 e. The van der Waals surface area contributed by atoms with Crippen molar-refractivity contribution >= 4 is 10.0 Å². The number of ether oxygens (including phenoxy) is 1. The Morgan fingerprint density at radius 3 is 2.67 bits per heavy atom. The third-order valence-corrected chi connectivity index (χ3v) is 4.54. The van der Waals surface area contributed by atoms with Crippen molar-refractivity contribution in [3.63, 3.8) is 0 Å². The predicted octanol–water partition coefficient (Wildman–Crippen LogP) is 1.14. The van der Waals surface area contributed by atoms with E-state index in [-0.39, 0.29) is 19.6 Å². The van der Waals surface area contributed by atoms with E-state index in [0.29, 0.717) is 12.7 Å². The molecule has 1 fully saturated rings. The van der Waals surface area contributed by atoms with Crippen LogP contribution in [0.4, 0.5) is 13.2 Å². The number of sulfonamides is 1. The number of hydrogen-bond acceptors (Lipinski definition) is 4. The molecule has 0 radical (unpaired) electrons. The van der Waals surface area contributed by atoms with Crippen molar-refractivity contribution in [2.45, 2.75) is 23.1 Å². The zero-order chi connectivity index (χ0) is 15.7. The summed E-state index contributed by atoms with van der Waals surface area (Å²) in [6.07, 6.45) is -4.36. The van der Waals surface area contributed by atoms with Crippen molar-refractivity contribution in [2.24, 2.45) is 0 Å². The molecule has 1 saturated heterocycles. The molecule has 1 aliphatic rings. The van der Waals surface area contributed by atoms with Gasteiger partial charge in [0, 0.05) is 19.6 Å². The molecule has 0 aromatic heterocycles. The van der Waals surface area contributed by atoms with E-state index in [0.717, 1.165) is 18.2 Å². The van der Waals surface area contributed by atoms with E-state index in [1.165, 1.54) is 0 Å². The standard InChI is InChI=1S/C12H14F3NO4S/c13-12(14,15)9-2-1-3-10(6-9)21(18,19)16-7-11(17)4-5-20-8-11/h1-3,6,16-17H,4-5,7-8H2. The Kier molecular flexibility index (Phi) is 4.29. The van der Waals surface area contributed by atoms with Crippen LogP contribution in [0.25, 0.3) is 0 Å². The first-order chi connectivity index (χ1) is 9.62. The topological polar surface area (TPSA) is 75.6 Å². The highest BCUT2D eigenvalue weighted by Crippen LogP contribution is 2.30. The Morgan fingerprint density at radius 2 is 2.10 bits per heavy atom. The van der Waals surface area contributed by atoms with Crippen molar-refractivity contribution in [3.8, 4) is 0 Å². The van der Waals surface area contributed by atoms with Gasteiger partial charge in [-0.2, -0.15) is 13.2 Å². The lowest BCUT2D eigenvalue weighted by Crippen LogP contribution is -2.43. The summed E-state index contributed by atoms with van der Waals surface area (Å²) in [7, 11) is -4.13. The second-order valence-corrected chi connectivity index (χ2v) is 6.64. The van der Waals surface area contributed by atoms with Crippen LogP contribution in [0.2, 0.25) is 0 Å². The van der Waals surface area contributed by atoms with E-state index in [1.807, 2.05) is 0 Å². The van der Waals surface area contributed by atoms with E-state index in [2.05, 4.69) is 4.72 Å². The number of aliphatic hydroxyl groups is 1. The summed E-state index contributed by atoms with van der Waals surface area (Å²) in [6.45, 7) is -0.0223. The van der Waals surface area contributed by atoms with E-state index in [4.69, 9.17) is 4.74 Å². The first-order valence-electron chi connectivity index (χ1n) is 6.10. The van der Waals surface area contributed by atoms with Gasteiger partial charge in [-0.1, -0.05) is 6.07 Å². The lowest BCUT2D eigenvalue weighted by Gasteiger charge is -2.20. The third kappa shape index (κ3) is 3.94. The maximum atomic E-state index is 12.6. The minimum absolute atomic E-state index is 0.0158. The average Bonchev–Trinajstić information content (AvgIpc) is 2.84. The predicted molar refractivity (Wildman–Crippen MR) is 67.0 cm³/mol. The lowest BCUT2D eigenvalue weighted by molar-refractivity contribution is -0.137. The van der Waals surface area contributed by atoms with E-state index < -0.39 is 32.3 Å². The molecule has 1 aliphatic heterocycles. The number of alkyl halides is 3. The summed E-state index contributed by atoms with van der Waals surface area (Å²) >= 11 is 0. The molecule has 5 nitrogen and oxygen atoms in total. The van der Waals surface area contributed by atoms with Gasteiger partial charge in [0.15, 0.2) is 0 Å². The summed E-state index contributed by atoms with van der Waals surface area (Å²) in [5.74, 6) is 0. The summed E-state index contributed by atoms with van der Waals surface area (Å²) in [5.41, 5.74) is -2.37. The Bertz CT molecular complexity index is 609. The van der Waals surface area contributed by atoms with E-state index in [9.17, 15) is 26.7 Å². The van der Waals surface area contributed by atoms with Gasteiger partial charge < -0.3 is 9.84 Å². The molecule has 1 atom stereocenters.